The van der Waals surface area contributed by atoms with Crippen LogP contribution in [-0.2, 0) is 4.74 Å². The average molecular weight is 556 g/mol. The molecule has 2 bridgehead atoms. The van der Waals surface area contributed by atoms with Crippen molar-refractivity contribution in [3.05, 3.63) is 24.7 Å². The summed E-state index contributed by atoms with van der Waals surface area (Å²) in [6.07, 6.45) is 5.73. The number of nitrogens with one attached hydrogen (secondary N) is 2. The highest BCUT2D eigenvalue weighted by molar-refractivity contribution is 5.88. The van der Waals surface area contributed by atoms with Crippen molar-refractivity contribution in [1.29, 1.82) is 0 Å². The Morgan fingerprint density at radius 1 is 1.20 bits per heavy atom. The van der Waals surface area contributed by atoms with Gasteiger partial charge in [-0.15, -0.1) is 0 Å². The third kappa shape index (κ3) is 4.63. The van der Waals surface area contributed by atoms with E-state index >= 15 is 0 Å². The Labute approximate surface area is 231 Å². The second-order valence-corrected chi connectivity index (χ2v) is 11.3. The van der Waals surface area contributed by atoms with Crippen molar-refractivity contribution in [3.8, 4) is 5.88 Å². The summed E-state index contributed by atoms with van der Waals surface area (Å²) >= 11 is 0. The number of alkyl halides is 1. The number of nitrogens with zero attached hydrogens (tertiary/aromatic N) is 7. The summed E-state index contributed by atoms with van der Waals surface area (Å²) in [5, 5.41) is 5.37. The van der Waals surface area contributed by atoms with Crippen LogP contribution in [0.5, 0.6) is 5.88 Å². The first kappa shape index (κ1) is 26.4. The van der Waals surface area contributed by atoms with E-state index in [4.69, 9.17) is 9.47 Å². The van der Waals surface area contributed by atoms with Gasteiger partial charge in [0, 0.05) is 50.3 Å². The Morgan fingerprint density at radius 2 is 2.02 bits per heavy atom. The third-order valence-electron chi connectivity index (χ3n) is 8.85. The Kier molecular flexibility index (Phi) is 6.59. The predicted molar refractivity (Wildman–Crippen MR) is 143 cm³/mol. The summed E-state index contributed by atoms with van der Waals surface area (Å²) in [6, 6.07) is 0.318. The zero-order valence-corrected chi connectivity index (χ0v) is 22.8. The van der Waals surface area contributed by atoms with Crippen LogP contribution in [0.2, 0.25) is 0 Å². The minimum absolute atomic E-state index is 0.0791. The molecule has 5 heterocycles. The highest BCUT2D eigenvalue weighted by Crippen LogP contribution is 2.70. The number of hydrogen-bond acceptors (Lipinski definition) is 10. The first-order valence-electron chi connectivity index (χ1n) is 13.6. The van der Waals surface area contributed by atoms with E-state index in [-0.39, 0.29) is 35.8 Å². The van der Waals surface area contributed by atoms with Crippen LogP contribution < -0.4 is 20.3 Å². The Morgan fingerprint density at radius 3 is 2.70 bits per heavy atom. The molecule has 2 aromatic rings. The SMILES string of the molecule is CCOc1cnc(NC(=O)N(C)[C@H]2CN(c3nccc(NC(=O)OC4CC56CC4(CN5C)C6)n3)CC[C@H]2F)cn1. The molecule has 6 fully saturated rings. The summed E-state index contributed by atoms with van der Waals surface area (Å²) in [5.74, 6) is 1.21. The molecule has 2 N–H and O–H groups in total. The molecule has 3 saturated heterocycles. The van der Waals surface area contributed by atoms with Gasteiger partial charge in [-0.3, -0.25) is 15.5 Å². The molecule has 6 aliphatic rings. The van der Waals surface area contributed by atoms with Crippen molar-refractivity contribution < 1.29 is 23.5 Å². The molecular weight excluding hydrogens is 521 g/mol. The number of halogens is 1. The van der Waals surface area contributed by atoms with Gasteiger partial charge in [0.1, 0.15) is 18.1 Å². The number of likely N-dealkylation sites (N-methyl/N-ethyl adjacent to an activating group) is 1. The monoisotopic (exact) mass is 555 g/mol. The summed E-state index contributed by atoms with van der Waals surface area (Å²) in [4.78, 5) is 48.1. The van der Waals surface area contributed by atoms with E-state index in [9.17, 15) is 14.0 Å². The van der Waals surface area contributed by atoms with E-state index < -0.39 is 24.3 Å². The van der Waals surface area contributed by atoms with Crippen LogP contribution in [0.1, 0.15) is 32.6 Å². The van der Waals surface area contributed by atoms with Crippen LogP contribution in [0.15, 0.2) is 24.7 Å². The van der Waals surface area contributed by atoms with Gasteiger partial charge in [0.2, 0.25) is 11.8 Å². The van der Waals surface area contributed by atoms with E-state index in [1.54, 1.807) is 11.0 Å². The Balaban J connectivity index is 1.05. The maximum Gasteiger partial charge on any atom is 0.413 e. The fourth-order valence-electron chi connectivity index (χ4n) is 6.87. The smallest absolute Gasteiger partial charge is 0.413 e. The van der Waals surface area contributed by atoms with E-state index in [1.807, 2.05) is 6.92 Å². The van der Waals surface area contributed by atoms with Gasteiger partial charge in [0.05, 0.1) is 25.0 Å². The second-order valence-electron chi connectivity index (χ2n) is 11.3. The molecule has 13 nitrogen and oxygen atoms in total. The number of anilines is 3. The fourth-order valence-corrected chi connectivity index (χ4v) is 6.87. The summed E-state index contributed by atoms with van der Waals surface area (Å²) < 4.78 is 26.1. The second kappa shape index (κ2) is 9.98. The molecule has 3 aliphatic carbocycles. The number of carbonyl (C=O) groups is 2. The first-order valence-corrected chi connectivity index (χ1v) is 13.6. The van der Waals surface area contributed by atoms with E-state index in [0.29, 0.717) is 30.8 Å². The number of hydrogen-bond donors (Lipinski definition) is 2. The predicted octanol–water partition coefficient (Wildman–Crippen LogP) is 2.53. The minimum Gasteiger partial charge on any atom is -0.477 e. The zero-order valence-electron chi connectivity index (χ0n) is 22.8. The lowest BCUT2D eigenvalue weighted by atomic mass is 9.70. The molecular formula is C26H34FN9O4. The van der Waals surface area contributed by atoms with Gasteiger partial charge < -0.3 is 19.3 Å². The van der Waals surface area contributed by atoms with Crippen LogP contribution in [0.4, 0.5) is 31.6 Å². The van der Waals surface area contributed by atoms with Gasteiger partial charge in [-0.05, 0) is 39.3 Å². The maximum absolute atomic E-state index is 15.0. The maximum atomic E-state index is 15.0. The fraction of sp³-hybridized carbons (Fsp3) is 0.615. The van der Waals surface area contributed by atoms with E-state index in [0.717, 1.165) is 25.8 Å². The van der Waals surface area contributed by atoms with Crippen LogP contribution in [-0.4, -0.2) is 106 Å². The highest BCUT2D eigenvalue weighted by Gasteiger charge is 2.75. The van der Waals surface area contributed by atoms with Crippen molar-refractivity contribution in [1.82, 2.24) is 29.7 Å². The molecule has 3 saturated carbocycles. The molecule has 3 amide bonds. The largest absolute Gasteiger partial charge is 0.477 e. The third-order valence-corrected chi connectivity index (χ3v) is 8.85. The lowest BCUT2D eigenvalue weighted by molar-refractivity contribution is 0.0391. The van der Waals surface area contributed by atoms with E-state index in [1.165, 1.54) is 30.5 Å². The quantitative estimate of drug-likeness (QED) is 0.524. The van der Waals surface area contributed by atoms with Gasteiger partial charge in [0.15, 0.2) is 5.82 Å². The normalized spacial score (nSPS) is 30.4. The molecule has 0 aromatic carbocycles. The Bertz CT molecular complexity index is 1270. The van der Waals surface area contributed by atoms with Crippen LogP contribution in [0.3, 0.4) is 0 Å². The topological polar surface area (TPSA) is 138 Å². The number of ether oxygens (including phenoxy) is 2. The van der Waals surface area contributed by atoms with Crippen molar-refractivity contribution in [2.45, 2.75) is 56.5 Å². The molecule has 0 spiro atoms. The molecule has 214 valence electrons. The van der Waals surface area contributed by atoms with Crippen molar-refractivity contribution >= 4 is 29.7 Å². The summed E-state index contributed by atoms with van der Waals surface area (Å²) in [6.45, 7) is 3.79. The molecule has 3 atom stereocenters. The van der Waals surface area contributed by atoms with Crippen molar-refractivity contribution in [2.24, 2.45) is 5.41 Å². The molecule has 40 heavy (non-hydrogen) atoms. The number of carbonyl (C=O) groups excluding carboxylic acids is 2. The van der Waals surface area contributed by atoms with Gasteiger partial charge in [0.25, 0.3) is 0 Å². The number of fused-ring (bicyclic) bond motifs is 2. The highest BCUT2D eigenvalue weighted by atomic mass is 19.1. The number of rotatable bonds is 7. The van der Waals surface area contributed by atoms with Gasteiger partial charge in [-0.2, -0.15) is 4.98 Å². The molecule has 0 radical (unpaired) electrons. The summed E-state index contributed by atoms with van der Waals surface area (Å²) in [5.41, 5.74) is 0.296. The molecule has 8 rings (SSSR count). The Hall–Kier alpha value is -3.81. The van der Waals surface area contributed by atoms with Gasteiger partial charge in [-0.1, -0.05) is 0 Å². The average Bonchev–Trinajstić information content (AvgIpc) is 3.57. The number of piperidine rings is 2. The number of aromatic nitrogens is 4. The molecule has 1 unspecified atom stereocenters. The summed E-state index contributed by atoms with van der Waals surface area (Å²) in [7, 11) is 3.67. The molecule has 3 aliphatic heterocycles. The van der Waals surface area contributed by atoms with E-state index in [2.05, 4.69) is 42.5 Å². The minimum atomic E-state index is -1.24. The van der Waals surface area contributed by atoms with Crippen LogP contribution >= 0.6 is 0 Å². The van der Waals surface area contributed by atoms with Crippen LogP contribution in [0, 0.1) is 5.41 Å². The lowest BCUT2D eigenvalue weighted by Crippen LogP contribution is -2.55. The van der Waals surface area contributed by atoms with Gasteiger partial charge in [-0.25, -0.2) is 28.9 Å². The number of urea groups is 1. The molecule has 14 heteroatoms. The lowest BCUT2D eigenvalue weighted by Gasteiger charge is -2.39. The molecule has 2 aromatic heterocycles. The standard InChI is InChI=1S/C26H34FN9O4/c1-4-39-21-11-29-20(10-30-21)32-23(37)35(3)17-12-36(8-6-16(17)27)22-28-7-5-19(31-22)33-24(38)40-18-9-26-13-25(18,14-26)15-34(26)2/h5,7,10-11,16-18H,4,6,8-9,12-15H2,1-3H3,(H,29,32,37)(H,28,31,33,38)/t16-,17+,18?,25?,26?/m1/s1. The van der Waals surface area contributed by atoms with Crippen molar-refractivity contribution in [2.75, 3.05) is 55.9 Å². The number of amides is 3. The first-order chi connectivity index (χ1) is 19.2. The van der Waals surface area contributed by atoms with Crippen molar-refractivity contribution in [3.63, 3.8) is 0 Å². The van der Waals surface area contributed by atoms with Gasteiger partial charge >= 0.3 is 12.1 Å². The zero-order chi connectivity index (χ0) is 28.1. The van der Waals surface area contributed by atoms with Crippen LogP contribution in [0.25, 0.3) is 0 Å².